The van der Waals surface area contributed by atoms with E-state index < -0.39 is 0 Å². The monoisotopic (exact) mass is 327 g/mol. The first kappa shape index (κ1) is 14.2. The third-order valence-corrected chi connectivity index (χ3v) is 4.21. The predicted octanol–water partition coefficient (Wildman–Crippen LogP) is 2.88. The van der Waals surface area contributed by atoms with Crippen molar-refractivity contribution in [3.8, 4) is 11.5 Å². The minimum Gasteiger partial charge on any atom is -0.508 e. The molecule has 1 aliphatic rings. The van der Waals surface area contributed by atoms with Crippen LogP contribution in [0.2, 0.25) is 0 Å². The normalized spacial score (nSPS) is 20.1. The summed E-state index contributed by atoms with van der Waals surface area (Å²) in [4.78, 5) is 14.4. The molecule has 0 saturated carbocycles. The van der Waals surface area contributed by atoms with Gasteiger partial charge in [-0.15, -0.1) is 0 Å². The Morgan fingerprint density at radius 2 is 1.89 bits per heavy atom. The van der Waals surface area contributed by atoms with Crippen LogP contribution in [-0.4, -0.2) is 38.9 Å². The standard InChI is InChI=1S/C14H18BrNO3/c15-9-11-4-2-1-3-5-16(11)14(19)10-6-12(17)8-13(18)7-10/h6-8,11,17-18H,1-5,9H2. The predicted molar refractivity (Wildman–Crippen MR) is 76.9 cm³/mol. The number of rotatable bonds is 2. The van der Waals surface area contributed by atoms with Gasteiger partial charge in [0.25, 0.3) is 5.91 Å². The zero-order valence-electron chi connectivity index (χ0n) is 10.7. The maximum atomic E-state index is 12.5. The zero-order valence-corrected chi connectivity index (χ0v) is 12.3. The van der Waals surface area contributed by atoms with Gasteiger partial charge in [0, 0.05) is 29.5 Å². The maximum Gasteiger partial charge on any atom is 0.254 e. The van der Waals surface area contributed by atoms with Crippen molar-refractivity contribution in [2.75, 3.05) is 11.9 Å². The van der Waals surface area contributed by atoms with Crippen LogP contribution >= 0.6 is 15.9 Å². The lowest BCUT2D eigenvalue weighted by Crippen LogP contribution is -2.41. The van der Waals surface area contributed by atoms with Crippen LogP contribution in [0.15, 0.2) is 18.2 Å². The van der Waals surface area contributed by atoms with Crippen molar-refractivity contribution in [1.29, 1.82) is 0 Å². The van der Waals surface area contributed by atoms with Gasteiger partial charge in [0.1, 0.15) is 11.5 Å². The summed E-state index contributed by atoms with van der Waals surface area (Å²) >= 11 is 3.46. The van der Waals surface area contributed by atoms with E-state index in [0.717, 1.165) is 37.6 Å². The number of likely N-dealkylation sites (tertiary alicyclic amines) is 1. The van der Waals surface area contributed by atoms with E-state index in [1.54, 1.807) is 0 Å². The van der Waals surface area contributed by atoms with Gasteiger partial charge < -0.3 is 15.1 Å². The number of hydrogen-bond donors (Lipinski definition) is 2. The topological polar surface area (TPSA) is 60.8 Å². The Labute approximate surface area is 121 Å². The Hall–Kier alpha value is -1.23. The van der Waals surface area contributed by atoms with Crippen molar-refractivity contribution >= 4 is 21.8 Å². The Balaban J connectivity index is 2.25. The molecule has 1 heterocycles. The maximum absolute atomic E-state index is 12.5. The molecule has 1 amide bonds. The molecule has 4 nitrogen and oxygen atoms in total. The van der Waals surface area contributed by atoms with Gasteiger partial charge in [0.2, 0.25) is 0 Å². The highest BCUT2D eigenvalue weighted by Crippen LogP contribution is 2.25. The smallest absolute Gasteiger partial charge is 0.254 e. The largest absolute Gasteiger partial charge is 0.508 e. The summed E-state index contributed by atoms with van der Waals surface area (Å²) in [5.74, 6) is -0.306. The molecule has 104 valence electrons. The second kappa shape index (κ2) is 6.28. The van der Waals surface area contributed by atoms with Gasteiger partial charge in [0.15, 0.2) is 0 Å². The number of hydrogen-bond acceptors (Lipinski definition) is 3. The average molecular weight is 328 g/mol. The zero-order chi connectivity index (χ0) is 13.8. The van der Waals surface area contributed by atoms with Crippen molar-refractivity contribution in [3.05, 3.63) is 23.8 Å². The first-order valence-corrected chi connectivity index (χ1v) is 7.64. The molecule has 2 rings (SSSR count). The molecular weight excluding hydrogens is 310 g/mol. The fraction of sp³-hybridized carbons (Fsp3) is 0.500. The van der Waals surface area contributed by atoms with Crippen LogP contribution in [-0.2, 0) is 0 Å². The molecule has 5 heteroatoms. The van der Waals surface area contributed by atoms with Crippen LogP contribution in [0.25, 0.3) is 0 Å². The summed E-state index contributed by atoms with van der Waals surface area (Å²) in [6.07, 6.45) is 4.26. The van der Waals surface area contributed by atoms with E-state index in [-0.39, 0.29) is 23.4 Å². The molecule has 1 atom stereocenters. The number of aromatic hydroxyl groups is 2. The van der Waals surface area contributed by atoms with Gasteiger partial charge in [0.05, 0.1) is 0 Å². The number of carbonyl (C=O) groups is 1. The highest BCUT2D eigenvalue weighted by Gasteiger charge is 2.25. The highest BCUT2D eigenvalue weighted by atomic mass is 79.9. The van der Waals surface area contributed by atoms with Crippen LogP contribution in [0.5, 0.6) is 11.5 Å². The van der Waals surface area contributed by atoms with Gasteiger partial charge in [-0.05, 0) is 25.0 Å². The highest BCUT2D eigenvalue weighted by molar-refractivity contribution is 9.09. The van der Waals surface area contributed by atoms with Crippen LogP contribution in [0.1, 0.15) is 36.0 Å². The van der Waals surface area contributed by atoms with Crippen LogP contribution < -0.4 is 0 Å². The van der Waals surface area contributed by atoms with Crippen molar-refractivity contribution in [2.24, 2.45) is 0 Å². The molecule has 0 bridgehead atoms. The van der Waals surface area contributed by atoms with E-state index in [9.17, 15) is 15.0 Å². The van der Waals surface area contributed by atoms with E-state index in [0.29, 0.717) is 5.56 Å². The van der Waals surface area contributed by atoms with E-state index in [2.05, 4.69) is 15.9 Å². The number of carbonyl (C=O) groups excluding carboxylic acids is 1. The fourth-order valence-electron chi connectivity index (χ4n) is 2.49. The Morgan fingerprint density at radius 1 is 1.21 bits per heavy atom. The van der Waals surface area contributed by atoms with Gasteiger partial charge >= 0.3 is 0 Å². The first-order chi connectivity index (χ1) is 9.11. The number of alkyl halides is 1. The third kappa shape index (κ3) is 3.41. The first-order valence-electron chi connectivity index (χ1n) is 6.52. The molecule has 1 aromatic rings. The van der Waals surface area contributed by atoms with Crippen LogP contribution in [0.3, 0.4) is 0 Å². The summed E-state index contributed by atoms with van der Waals surface area (Å²) < 4.78 is 0. The Bertz CT molecular complexity index is 444. The molecule has 1 fully saturated rings. The molecule has 1 saturated heterocycles. The lowest BCUT2D eigenvalue weighted by atomic mass is 10.1. The molecule has 1 aliphatic heterocycles. The van der Waals surface area contributed by atoms with E-state index in [1.165, 1.54) is 18.2 Å². The van der Waals surface area contributed by atoms with Crippen molar-refractivity contribution in [3.63, 3.8) is 0 Å². The SMILES string of the molecule is O=C(c1cc(O)cc(O)c1)N1CCCCCC1CBr. The molecule has 2 N–H and O–H groups in total. The second-order valence-electron chi connectivity index (χ2n) is 4.89. The molecule has 0 radical (unpaired) electrons. The van der Waals surface area contributed by atoms with Gasteiger partial charge in [-0.2, -0.15) is 0 Å². The minimum absolute atomic E-state index is 0.0893. The number of nitrogens with zero attached hydrogens (tertiary/aromatic N) is 1. The third-order valence-electron chi connectivity index (χ3n) is 3.47. The summed E-state index contributed by atoms with van der Waals surface area (Å²) in [6, 6.07) is 4.21. The number of amides is 1. The lowest BCUT2D eigenvalue weighted by molar-refractivity contribution is 0.0701. The summed E-state index contributed by atoms with van der Waals surface area (Å²) in [7, 11) is 0. The Morgan fingerprint density at radius 3 is 2.53 bits per heavy atom. The van der Waals surface area contributed by atoms with Crippen LogP contribution in [0.4, 0.5) is 0 Å². The molecule has 0 spiro atoms. The van der Waals surface area contributed by atoms with E-state index >= 15 is 0 Å². The molecular formula is C14H18BrNO3. The number of benzene rings is 1. The second-order valence-corrected chi connectivity index (χ2v) is 5.54. The van der Waals surface area contributed by atoms with Gasteiger partial charge in [-0.25, -0.2) is 0 Å². The molecule has 1 unspecified atom stereocenters. The lowest BCUT2D eigenvalue weighted by Gasteiger charge is -2.28. The van der Waals surface area contributed by atoms with E-state index in [4.69, 9.17) is 0 Å². The summed E-state index contributed by atoms with van der Waals surface area (Å²) in [5, 5.41) is 19.7. The van der Waals surface area contributed by atoms with Crippen molar-refractivity contribution < 1.29 is 15.0 Å². The van der Waals surface area contributed by atoms with Crippen molar-refractivity contribution in [2.45, 2.75) is 31.7 Å². The number of halogens is 1. The fourth-order valence-corrected chi connectivity index (χ4v) is 3.16. The Kier molecular flexibility index (Phi) is 4.69. The minimum atomic E-state index is -0.127. The molecule has 19 heavy (non-hydrogen) atoms. The van der Waals surface area contributed by atoms with E-state index in [1.807, 2.05) is 4.90 Å². The summed E-state index contributed by atoms with van der Waals surface area (Å²) in [6.45, 7) is 0.728. The number of phenols is 2. The molecule has 1 aromatic carbocycles. The van der Waals surface area contributed by atoms with Gasteiger partial charge in [-0.3, -0.25) is 4.79 Å². The molecule has 0 aromatic heterocycles. The average Bonchev–Trinajstić information content (AvgIpc) is 2.61. The number of phenolic OH excluding ortho intramolecular Hbond substituents is 2. The van der Waals surface area contributed by atoms with Crippen LogP contribution in [0, 0.1) is 0 Å². The quantitative estimate of drug-likeness (QED) is 0.821. The molecule has 0 aliphatic carbocycles. The summed E-state index contributed by atoms with van der Waals surface area (Å²) in [5.41, 5.74) is 0.338. The van der Waals surface area contributed by atoms with Crippen molar-refractivity contribution in [1.82, 2.24) is 4.90 Å². The van der Waals surface area contributed by atoms with Gasteiger partial charge in [-0.1, -0.05) is 28.8 Å².